The number of aryl methyl sites for hydroxylation is 1. The van der Waals surface area contributed by atoms with Crippen LogP contribution in [0.4, 0.5) is 4.39 Å². The highest BCUT2D eigenvalue weighted by Crippen LogP contribution is 2.28. The Morgan fingerprint density at radius 1 is 1.44 bits per heavy atom. The fourth-order valence-corrected chi connectivity index (χ4v) is 1.83. The minimum atomic E-state index is -0.218. The first kappa shape index (κ1) is 13.9. The summed E-state index contributed by atoms with van der Waals surface area (Å²) in [6.07, 6.45) is 1.50. The molecule has 0 aliphatic carbocycles. The van der Waals surface area contributed by atoms with Crippen molar-refractivity contribution in [1.82, 2.24) is 0 Å². The van der Waals surface area contributed by atoms with Crippen molar-refractivity contribution in [3.8, 4) is 0 Å². The third-order valence-electron chi connectivity index (χ3n) is 2.71. The molecule has 0 aromatic heterocycles. The van der Waals surface area contributed by atoms with Gasteiger partial charge in [0.05, 0.1) is 5.02 Å². The van der Waals surface area contributed by atoms with Crippen LogP contribution in [-0.4, -0.2) is 6.54 Å². The van der Waals surface area contributed by atoms with E-state index in [4.69, 9.17) is 17.3 Å². The predicted octanol–water partition coefficient (Wildman–Crippen LogP) is 4.16. The van der Waals surface area contributed by atoms with E-state index in [1.165, 1.54) is 6.07 Å². The van der Waals surface area contributed by atoms with E-state index in [1.54, 1.807) is 6.07 Å². The lowest BCUT2D eigenvalue weighted by Gasteiger charge is -2.22. The maximum absolute atomic E-state index is 13.6. The molecule has 0 aliphatic heterocycles. The Hall–Kier alpha value is -0.120. The standard InChI is InChI=1S/C12H16BrClFN/c1-12(2,7-16)4-3-8-5-10(14)9(13)6-11(8)15/h5-6H,3-4,7,16H2,1-2H3. The van der Waals surface area contributed by atoms with Gasteiger partial charge >= 0.3 is 0 Å². The summed E-state index contributed by atoms with van der Waals surface area (Å²) in [7, 11) is 0. The van der Waals surface area contributed by atoms with Crippen molar-refractivity contribution in [2.24, 2.45) is 11.1 Å². The fraction of sp³-hybridized carbons (Fsp3) is 0.500. The molecule has 0 aliphatic rings. The molecule has 0 saturated carbocycles. The highest BCUT2D eigenvalue weighted by molar-refractivity contribution is 9.10. The van der Waals surface area contributed by atoms with E-state index in [2.05, 4.69) is 29.8 Å². The molecule has 0 amide bonds. The molecule has 0 unspecified atom stereocenters. The molecule has 0 fully saturated rings. The maximum Gasteiger partial charge on any atom is 0.127 e. The summed E-state index contributed by atoms with van der Waals surface area (Å²) >= 11 is 9.12. The van der Waals surface area contributed by atoms with Crippen molar-refractivity contribution in [1.29, 1.82) is 0 Å². The molecule has 0 saturated heterocycles. The molecule has 90 valence electrons. The maximum atomic E-state index is 13.6. The van der Waals surface area contributed by atoms with Crippen LogP contribution in [0.1, 0.15) is 25.8 Å². The van der Waals surface area contributed by atoms with Crippen LogP contribution in [-0.2, 0) is 6.42 Å². The Balaban J connectivity index is 2.79. The van der Waals surface area contributed by atoms with Crippen LogP contribution >= 0.6 is 27.5 Å². The third-order valence-corrected chi connectivity index (χ3v) is 3.91. The molecular weight excluding hydrogens is 292 g/mol. The van der Waals surface area contributed by atoms with Gasteiger partial charge in [0.25, 0.3) is 0 Å². The second-order valence-electron chi connectivity index (χ2n) is 4.73. The van der Waals surface area contributed by atoms with Crippen LogP contribution in [0.5, 0.6) is 0 Å². The molecule has 1 aromatic carbocycles. The van der Waals surface area contributed by atoms with Crippen molar-refractivity contribution >= 4 is 27.5 Å². The first-order chi connectivity index (χ1) is 7.35. The minimum absolute atomic E-state index is 0.0337. The normalized spacial score (nSPS) is 11.9. The average Bonchev–Trinajstić information content (AvgIpc) is 2.22. The van der Waals surface area contributed by atoms with Crippen LogP contribution in [0, 0.1) is 11.2 Å². The highest BCUT2D eigenvalue weighted by atomic mass is 79.9. The number of halogens is 3. The molecule has 1 rings (SSSR count). The Kier molecular flexibility index (Phi) is 4.77. The van der Waals surface area contributed by atoms with Crippen molar-refractivity contribution in [2.45, 2.75) is 26.7 Å². The highest BCUT2D eigenvalue weighted by Gasteiger charge is 2.17. The molecule has 0 heterocycles. The summed E-state index contributed by atoms with van der Waals surface area (Å²) in [5.41, 5.74) is 6.32. The summed E-state index contributed by atoms with van der Waals surface area (Å²) in [5, 5.41) is 0.543. The van der Waals surface area contributed by atoms with E-state index in [9.17, 15) is 4.39 Å². The molecule has 0 atom stereocenters. The molecule has 0 bridgehead atoms. The van der Waals surface area contributed by atoms with Gasteiger partial charge in [-0.15, -0.1) is 0 Å². The zero-order chi connectivity index (χ0) is 12.3. The van der Waals surface area contributed by atoms with E-state index in [0.717, 1.165) is 6.42 Å². The first-order valence-corrected chi connectivity index (χ1v) is 6.36. The second kappa shape index (κ2) is 5.48. The SMILES string of the molecule is CC(C)(CN)CCc1cc(Cl)c(Br)cc1F. The molecule has 16 heavy (non-hydrogen) atoms. The van der Waals surface area contributed by atoms with E-state index < -0.39 is 0 Å². The Morgan fingerprint density at radius 3 is 2.62 bits per heavy atom. The van der Waals surface area contributed by atoms with Gasteiger partial charge < -0.3 is 5.73 Å². The average molecular weight is 309 g/mol. The monoisotopic (exact) mass is 307 g/mol. The zero-order valence-corrected chi connectivity index (χ0v) is 11.8. The van der Waals surface area contributed by atoms with Gasteiger partial charge in [-0.3, -0.25) is 0 Å². The Morgan fingerprint density at radius 2 is 2.06 bits per heavy atom. The molecule has 2 N–H and O–H groups in total. The number of nitrogens with two attached hydrogens (primary N) is 1. The number of hydrogen-bond acceptors (Lipinski definition) is 1. The summed E-state index contributed by atoms with van der Waals surface area (Å²) in [4.78, 5) is 0. The van der Waals surface area contributed by atoms with Crippen LogP contribution in [0.15, 0.2) is 16.6 Å². The fourth-order valence-electron chi connectivity index (χ4n) is 1.33. The largest absolute Gasteiger partial charge is 0.330 e. The van der Waals surface area contributed by atoms with Gasteiger partial charge in [-0.25, -0.2) is 4.39 Å². The summed E-state index contributed by atoms with van der Waals surface area (Å²) in [5.74, 6) is -0.218. The van der Waals surface area contributed by atoms with Crippen molar-refractivity contribution in [3.05, 3.63) is 33.0 Å². The lowest BCUT2D eigenvalue weighted by Crippen LogP contribution is -2.24. The second-order valence-corrected chi connectivity index (χ2v) is 5.99. The topological polar surface area (TPSA) is 26.0 Å². The van der Waals surface area contributed by atoms with Crippen molar-refractivity contribution in [2.75, 3.05) is 6.54 Å². The van der Waals surface area contributed by atoms with Gasteiger partial charge in [-0.2, -0.15) is 0 Å². The van der Waals surface area contributed by atoms with Crippen molar-refractivity contribution < 1.29 is 4.39 Å². The van der Waals surface area contributed by atoms with E-state index in [-0.39, 0.29) is 11.2 Å². The predicted molar refractivity (Wildman–Crippen MR) is 70.3 cm³/mol. The van der Waals surface area contributed by atoms with Crippen LogP contribution in [0.2, 0.25) is 5.02 Å². The first-order valence-electron chi connectivity index (χ1n) is 5.19. The van der Waals surface area contributed by atoms with Crippen molar-refractivity contribution in [3.63, 3.8) is 0 Å². The zero-order valence-electron chi connectivity index (χ0n) is 9.49. The van der Waals surface area contributed by atoms with Crippen LogP contribution in [0.25, 0.3) is 0 Å². The Bertz CT molecular complexity index is 380. The van der Waals surface area contributed by atoms with Gasteiger partial charge in [0.1, 0.15) is 5.82 Å². The van der Waals surface area contributed by atoms with Gasteiger partial charge in [0.2, 0.25) is 0 Å². The number of rotatable bonds is 4. The van der Waals surface area contributed by atoms with E-state index in [1.807, 2.05) is 0 Å². The van der Waals surface area contributed by atoms with Crippen LogP contribution < -0.4 is 5.73 Å². The summed E-state index contributed by atoms with van der Waals surface area (Å²) in [6.45, 7) is 4.75. The Labute approximate surface area is 109 Å². The number of benzene rings is 1. The van der Waals surface area contributed by atoms with Gasteiger partial charge in [-0.1, -0.05) is 25.4 Å². The summed E-state index contributed by atoms with van der Waals surface area (Å²) < 4.78 is 14.2. The molecule has 0 radical (unpaired) electrons. The summed E-state index contributed by atoms with van der Waals surface area (Å²) in [6, 6.07) is 3.08. The third kappa shape index (κ3) is 3.72. The van der Waals surface area contributed by atoms with Crippen LogP contribution in [0.3, 0.4) is 0 Å². The van der Waals surface area contributed by atoms with Gasteiger partial charge in [0, 0.05) is 4.47 Å². The molecular formula is C12H16BrClFN. The molecule has 1 nitrogen and oxygen atoms in total. The van der Waals surface area contributed by atoms with Gasteiger partial charge in [0.15, 0.2) is 0 Å². The number of hydrogen-bond donors (Lipinski definition) is 1. The smallest absolute Gasteiger partial charge is 0.127 e. The lowest BCUT2D eigenvalue weighted by molar-refractivity contribution is 0.346. The quantitative estimate of drug-likeness (QED) is 0.831. The molecule has 1 aromatic rings. The van der Waals surface area contributed by atoms with E-state index in [0.29, 0.717) is 28.0 Å². The van der Waals surface area contributed by atoms with E-state index >= 15 is 0 Å². The van der Waals surface area contributed by atoms with Gasteiger partial charge in [-0.05, 0) is 58.4 Å². The lowest BCUT2D eigenvalue weighted by atomic mass is 9.86. The minimum Gasteiger partial charge on any atom is -0.330 e. The molecule has 4 heteroatoms. The molecule has 0 spiro atoms.